The molecule has 6 nitrogen and oxygen atoms in total. The van der Waals surface area contributed by atoms with Crippen molar-refractivity contribution in [2.24, 2.45) is 0 Å². The number of para-hydroxylation sites is 1. The van der Waals surface area contributed by atoms with Crippen molar-refractivity contribution >= 4 is 33.4 Å². The molecule has 0 spiro atoms. The molecule has 0 bridgehead atoms. The number of carbonyl (C=O) groups is 2. The van der Waals surface area contributed by atoms with E-state index in [4.69, 9.17) is 9.47 Å². The summed E-state index contributed by atoms with van der Waals surface area (Å²) >= 11 is 1.55. The van der Waals surface area contributed by atoms with Crippen molar-refractivity contribution in [3.63, 3.8) is 0 Å². The summed E-state index contributed by atoms with van der Waals surface area (Å²) < 4.78 is 11.5. The highest BCUT2D eigenvalue weighted by molar-refractivity contribution is 7.18. The first-order valence-corrected chi connectivity index (χ1v) is 9.68. The highest BCUT2D eigenvalue weighted by Crippen LogP contribution is 2.22. The monoisotopic (exact) mass is 398 g/mol. The van der Waals surface area contributed by atoms with Crippen molar-refractivity contribution in [1.29, 1.82) is 0 Å². The lowest BCUT2D eigenvalue weighted by molar-refractivity contribution is -0.139. The second-order valence-electron chi connectivity index (χ2n) is 6.45. The number of esters is 1. The Morgan fingerprint density at radius 1 is 1.14 bits per heavy atom. The van der Waals surface area contributed by atoms with Gasteiger partial charge in [0.2, 0.25) is 0 Å². The van der Waals surface area contributed by atoms with E-state index in [1.54, 1.807) is 56.7 Å². The average molecular weight is 398 g/mol. The quantitative estimate of drug-likeness (QED) is 0.568. The van der Waals surface area contributed by atoms with Gasteiger partial charge in [-0.15, -0.1) is 11.3 Å². The van der Waals surface area contributed by atoms with Crippen LogP contribution in [0.15, 0.2) is 48.5 Å². The molecule has 0 aliphatic heterocycles. The molecule has 1 aromatic heterocycles. The lowest BCUT2D eigenvalue weighted by atomic mass is 10.1. The fraction of sp³-hybridized carbons (Fsp3) is 0.286. The van der Waals surface area contributed by atoms with Gasteiger partial charge in [0.25, 0.3) is 5.91 Å². The molecule has 7 heteroatoms. The molecule has 0 N–H and O–H groups in total. The number of carbonyl (C=O) groups excluding carboxylic acids is 2. The number of methoxy groups -OCH3 is 1. The van der Waals surface area contributed by atoms with Gasteiger partial charge in [-0.3, -0.25) is 4.79 Å². The maximum Gasteiger partial charge on any atom is 0.338 e. The number of amides is 1. The fourth-order valence-electron chi connectivity index (χ4n) is 2.76. The highest BCUT2D eigenvalue weighted by atomic mass is 32.1. The summed E-state index contributed by atoms with van der Waals surface area (Å²) in [6.07, 6.45) is -0.884. The summed E-state index contributed by atoms with van der Waals surface area (Å²) in [6, 6.07) is 14.8. The van der Waals surface area contributed by atoms with E-state index in [2.05, 4.69) is 4.98 Å². The normalized spacial score (nSPS) is 12.0. The number of benzene rings is 2. The predicted octanol–water partition coefficient (Wildman–Crippen LogP) is 3.65. The van der Waals surface area contributed by atoms with Gasteiger partial charge in [0.15, 0.2) is 6.10 Å². The number of ether oxygens (including phenoxy) is 2. The van der Waals surface area contributed by atoms with E-state index in [1.165, 1.54) is 4.90 Å². The van der Waals surface area contributed by atoms with Gasteiger partial charge >= 0.3 is 5.97 Å². The van der Waals surface area contributed by atoms with E-state index in [9.17, 15) is 9.59 Å². The second-order valence-corrected chi connectivity index (χ2v) is 7.56. The van der Waals surface area contributed by atoms with Gasteiger partial charge in [0, 0.05) is 14.2 Å². The molecular weight excluding hydrogens is 376 g/mol. The minimum atomic E-state index is -0.884. The van der Waals surface area contributed by atoms with Gasteiger partial charge in [-0.2, -0.15) is 0 Å². The van der Waals surface area contributed by atoms with Crippen LogP contribution in [0.4, 0.5) is 0 Å². The molecule has 0 aliphatic carbocycles. The topological polar surface area (TPSA) is 68.7 Å². The lowest BCUT2D eigenvalue weighted by Crippen LogP contribution is -2.37. The molecule has 28 heavy (non-hydrogen) atoms. The minimum Gasteiger partial charge on any atom is -0.449 e. The van der Waals surface area contributed by atoms with Crippen LogP contribution in [0, 0.1) is 0 Å². The van der Waals surface area contributed by atoms with Crippen LogP contribution < -0.4 is 0 Å². The summed E-state index contributed by atoms with van der Waals surface area (Å²) in [5.41, 5.74) is 2.27. The smallest absolute Gasteiger partial charge is 0.338 e. The molecule has 146 valence electrons. The first kappa shape index (κ1) is 20.0. The second kappa shape index (κ2) is 8.95. The van der Waals surface area contributed by atoms with Crippen LogP contribution in [0.2, 0.25) is 0 Å². The summed E-state index contributed by atoms with van der Waals surface area (Å²) in [6.45, 7) is 2.42. The fourth-order valence-corrected chi connectivity index (χ4v) is 3.78. The summed E-state index contributed by atoms with van der Waals surface area (Å²) in [5, 5.41) is 0.837. The Kier molecular flexibility index (Phi) is 6.38. The Labute approximate surface area is 167 Å². The van der Waals surface area contributed by atoms with E-state index in [0.29, 0.717) is 18.7 Å². The number of hydrogen-bond acceptors (Lipinski definition) is 6. The highest BCUT2D eigenvalue weighted by Gasteiger charge is 2.23. The molecule has 0 radical (unpaired) electrons. The van der Waals surface area contributed by atoms with Gasteiger partial charge in [-0.25, -0.2) is 9.78 Å². The van der Waals surface area contributed by atoms with E-state index in [0.717, 1.165) is 20.8 Å². The van der Waals surface area contributed by atoms with E-state index in [-0.39, 0.29) is 5.91 Å². The zero-order valence-electron chi connectivity index (χ0n) is 16.0. The first-order valence-electron chi connectivity index (χ1n) is 8.86. The number of likely N-dealkylation sites (N-methyl/N-ethyl adjacent to an activating group) is 1. The summed E-state index contributed by atoms with van der Waals surface area (Å²) in [4.78, 5) is 30.9. The molecule has 1 amide bonds. The number of aromatic nitrogens is 1. The van der Waals surface area contributed by atoms with E-state index < -0.39 is 12.1 Å². The van der Waals surface area contributed by atoms with Crippen molar-refractivity contribution in [2.45, 2.75) is 26.2 Å². The van der Waals surface area contributed by atoms with Gasteiger partial charge < -0.3 is 14.4 Å². The average Bonchev–Trinajstić information content (AvgIpc) is 3.10. The predicted molar refractivity (Wildman–Crippen MR) is 108 cm³/mol. The number of nitrogens with zero attached hydrogens (tertiary/aromatic N) is 2. The molecular formula is C21H22N2O4S. The Hall–Kier alpha value is -2.77. The van der Waals surface area contributed by atoms with Gasteiger partial charge in [0.05, 0.1) is 28.9 Å². The van der Waals surface area contributed by atoms with Crippen LogP contribution in [0.25, 0.3) is 10.2 Å². The van der Waals surface area contributed by atoms with Crippen molar-refractivity contribution < 1.29 is 19.1 Å². The van der Waals surface area contributed by atoms with Crippen molar-refractivity contribution in [3.8, 4) is 0 Å². The third-order valence-electron chi connectivity index (χ3n) is 4.22. The minimum absolute atomic E-state index is 0.274. The van der Waals surface area contributed by atoms with Crippen LogP contribution in [0.3, 0.4) is 0 Å². The van der Waals surface area contributed by atoms with Crippen molar-refractivity contribution in [2.75, 3.05) is 14.2 Å². The maximum absolute atomic E-state index is 12.6. The standard InChI is InChI=1S/C21H22N2O4S/c1-14(27-21(25)16-10-8-15(9-11-16)13-26-3)20(24)23(2)12-19-22-17-6-4-5-7-18(17)28-19/h4-11,14H,12-13H2,1-3H3. The molecule has 0 saturated carbocycles. The van der Waals surface area contributed by atoms with E-state index in [1.807, 2.05) is 24.3 Å². The van der Waals surface area contributed by atoms with Crippen LogP contribution in [0.1, 0.15) is 27.9 Å². The Bertz CT molecular complexity index is 935. The van der Waals surface area contributed by atoms with E-state index >= 15 is 0 Å². The molecule has 1 atom stereocenters. The molecule has 2 aromatic carbocycles. The van der Waals surface area contributed by atoms with Gasteiger partial charge in [-0.1, -0.05) is 24.3 Å². The first-order chi connectivity index (χ1) is 13.5. The summed E-state index contributed by atoms with van der Waals surface area (Å²) in [5.74, 6) is -0.804. The molecule has 3 rings (SSSR count). The number of fused-ring (bicyclic) bond motifs is 1. The van der Waals surface area contributed by atoms with Crippen molar-refractivity contribution in [3.05, 3.63) is 64.7 Å². The molecule has 0 fully saturated rings. The number of thiazole rings is 1. The molecule has 0 aliphatic rings. The lowest BCUT2D eigenvalue weighted by Gasteiger charge is -2.20. The van der Waals surface area contributed by atoms with Crippen LogP contribution in [0.5, 0.6) is 0 Å². The molecule has 1 unspecified atom stereocenters. The van der Waals surface area contributed by atoms with Gasteiger partial charge in [0.1, 0.15) is 5.01 Å². The Morgan fingerprint density at radius 2 is 1.86 bits per heavy atom. The van der Waals surface area contributed by atoms with Gasteiger partial charge in [-0.05, 0) is 36.8 Å². The van der Waals surface area contributed by atoms with Crippen LogP contribution >= 0.6 is 11.3 Å². The molecule has 0 saturated heterocycles. The summed E-state index contributed by atoms with van der Waals surface area (Å²) in [7, 11) is 3.29. The number of hydrogen-bond donors (Lipinski definition) is 0. The Morgan fingerprint density at radius 3 is 2.54 bits per heavy atom. The SMILES string of the molecule is COCc1ccc(C(=O)OC(C)C(=O)N(C)Cc2nc3ccccc3s2)cc1. The van der Waals surface area contributed by atoms with Crippen molar-refractivity contribution in [1.82, 2.24) is 9.88 Å². The maximum atomic E-state index is 12.6. The number of rotatable bonds is 7. The third-order valence-corrected chi connectivity index (χ3v) is 5.24. The largest absolute Gasteiger partial charge is 0.449 e. The Balaban J connectivity index is 1.58. The van der Waals surface area contributed by atoms with Crippen LogP contribution in [-0.2, 0) is 27.4 Å². The molecule has 1 heterocycles. The molecule has 3 aromatic rings. The third kappa shape index (κ3) is 4.74. The van der Waals surface area contributed by atoms with Crippen LogP contribution in [-0.4, -0.2) is 42.0 Å². The zero-order valence-corrected chi connectivity index (χ0v) is 16.9. The zero-order chi connectivity index (χ0) is 20.1.